The van der Waals surface area contributed by atoms with Gasteiger partial charge in [0.1, 0.15) is 5.25 Å². The molecule has 1 saturated heterocycles. The average molecular weight is 357 g/mol. The highest BCUT2D eigenvalue weighted by Crippen LogP contribution is 2.32. The third-order valence-electron chi connectivity index (χ3n) is 3.41. The van der Waals surface area contributed by atoms with Crippen LogP contribution in [-0.4, -0.2) is 31.0 Å². The molecule has 1 heterocycles. The predicted molar refractivity (Wildman–Crippen MR) is 79.8 cm³/mol. The van der Waals surface area contributed by atoms with Gasteiger partial charge in [-0.15, -0.1) is 0 Å². The number of nitrogens with zero attached hydrogens (tertiary/aromatic N) is 1. The van der Waals surface area contributed by atoms with E-state index in [1.807, 2.05) is 0 Å². The van der Waals surface area contributed by atoms with Gasteiger partial charge in [0.25, 0.3) is 0 Å². The monoisotopic (exact) mass is 355 g/mol. The van der Waals surface area contributed by atoms with Gasteiger partial charge in [-0.1, -0.05) is 29.3 Å². The van der Waals surface area contributed by atoms with E-state index in [4.69, 9.17) is 33.9 Å². The van der Waals surface area contributed by atoms with E-state index in [0.717, 1.165) is 5.56 Å². The van der Waals surface area contributed by atoms with Crippen LogP contribution in [0.3, 0.4) is 0 Å². The lowest BCUT2D eigenvalue weighted by Crippen LogP contribution is -2.30. The minimum absolute atomic E-state index is 0.0858. The highest BCUT2D eigenvalue weighted by atomic mass is 35.7. The number of likely N-dealkylation sites (tertiary alicyclic amines) is 1. The van der Waals surface area contributed by atoms with Gasteiger partial charge < -0.3 is 4.90 Å². The smallest absolute Gasteiger partial charge is 0.237 e. The first-order chi connectivity index (χ1) is 9.20. The second-order valence-corrected chi connectivity index (χ2v) is 8.42. The van der Waals surface area contributed by atoms with Crippen molar-refractivity contribution in [2.75, 3.05) is 6.54 Å². The van der Waals surface area contributed by atoms with Gasteiger partial charge in [-0.25, -0.2) is 8.42 Å². The number of hydrogen-bond acceptors (Lipinski definition) is 3. The largest absolute Gasteiger partial charge is 0.335 e. The molecular formula is C12H12Cl3NO3S. The van der Waals surface area contributed by atoms with E-state index in [0.29, 0.717) is 10.0 Å². The molecular weight excluding hydrogens is 345 g/mol. The summed E-state index contributed by atoms with van der Waals surface area (Å²) in [4.78, 5) is 13.4. The zero-order chi connectivity index (χ0) is 15.1. The molecule has 1 fully saturated rings. The second kappa shape index (κ2) is 5.72. The van der Waals surface area contributed by atoms with Crippen LogP contribution in [0.4, 0.5) is 0 Å². The SMILES string of the molecule is CC(c1ccc(Cl)c(Cl)c1)N1CC(S(=O)(=O)Cl)CC1=O. The summed E-state index contributed by atoms with van der Waals surface area (Å²) < 4.78 is 22.7. The van der Waals surface area contributed by atoms with Crippen LogP contribution >= 0.6 is 33.9 Å². The maximum atomic E-state index is 11.9. The Balaban J connectivity index is 2.23. The quantitative estimate of drug-likeness (QED) is 0.781. The van der Waals surface area contributed by atoms with E-state index in [-0.39, 0.29) is 24.9 Å². The summed E-state index contributed by atoms with van der Waals surface area (Å²) in [6, 6.07) is 4.78. The normalized spacial score (nSPS) is 21.3. The van der Waals surface area contributed by atoms with Crippen LogP contribution in [-0.2, 0) is 13.8 Å². The Bertz CT molecular complexity index is 647. The third-order valence-corrected chi connectivity index (χ3v) is 6.02. The fourth-order valence-electron chi connectivity index (χ4n) is 2.21. The Labute approximate surface area is 132 Å². The van der Waals surface area contributed by atoms with Crippen LogP contribution in [0.25, 0.3) is 0 Å². The Kier molecular flexibility index (Phi) is 4.54. The maximum absolute atomic E-state index is 11.9. The highest BCUT2D eigenvalue weighted by molar-refractivity contribution is 8.14. The Morgan fingerprint density at radius 2 is 1.95 bits per heavy atom. The third kappa shape index (κ3) is 3.22. The zero-order valence-electron chi connectivity index (χ0n) is 10.5. The Morgan fingerprint density at radius 1 is 1.30 bits per heavy atom. The number of carbonyl (C=O) groups is 1. The van der Waals surface area contributed by atoms with Crippen LogP contribution in [0.1, 0.15) is 24.9 Å². The molecule has 0 aliphatic carbocycles. The maximum Gasteiger partial charge on any atom is 0.237 e. The van der Waals surface area contributed by atoms with Gasteiger partial charge in [0, 0.05) is 23.6 Å². The Hall–Kier alpha value is -0.490. The molecule has 0 N–H and O–H groups in total. The number of amides is 1. The van der Waals surface area contributed by atoms with Gasteiger partial charge in [-0.3, -0.25) is 4.79 Å². The van der Waals surface area contributed by atoms with Crippen molar-refractivity contribution in [1.29, 1.82) is 0 Å². The highest BCUT2D eigenvalue weighted by Gasteiger charge is 2.39. The standard InChI is InChI=1S/C12H12Cl3NO3S/c1-7(8-2-3-10(13)11(14)4-8)16-6-9(5-12(16)17)20(15,18)19/h2-4,7,9H,5-6H2,1H3. The predicted octanol–water partition coefficient (Wildman–Crippen LogP) is 3.22. The minimum Gasteiger partial charge on any atom is -0.335 e. The summed E-state index contributed by atoms with van der Waals surface area (Å²) in [7, 11) is 1.59. The molecule has 0 bridgehead atoms. The summed E-state index contributed by atoms with van der Waals surface area (Å²) in [5, 5.41) is -0.0392. The first-order valence-corrected chi connectivity index (χ1v) is 9.01. The topological polar surface area (TPSA) is 54.5 Å². The van der Waals surface area contributed by atoms with E-state index in [2.05, 4.69) is 0 Å². The number of benzene rings is 1. The van der Waals surface area contributed by atoms with Gasteiger partial charge in [-0.05, 0) is 24.6 Å². The molecule has 0 saturated carbocycles. The fraction of sp³-hybridized carbons (Fsp3) is 0.417. The molecule has 1 amide bonds. The summed E-state index contributed by atoms with van der Waals surface area (Å²) in [5.41, 5.74) is 0.792. The van der Waals surface area contributed by atoms with E-state index >= 15 is 0 Å². The van der Waals surface area contributed by atoms with Crippen molar-refractivity contribution in [3.8, 4) is 0 Å². The van der Waals surface area contributed by atoms with Crippen LogP contribution in [0, 0.1) is 0 Å². The van der Waals surface area contributed by atoms with E-state index in [9.17, 15) is 13.2 Å². The summed E-state index contributed by atoms with van der Waals surface area (Å²) in [6.45, 7) is 1.90. The van der Waals surface area contributed by atoms with Crippen molar-refractivity contribution < 1.29 is 13.2 Å². The van der Waals surface area contributed by atoms with Gasteiger partial charge in [-0.2, -0.15) is 0 Å². The van der Waals surface area contributed by atoms with Gasteiger partial charge in [0.05, 0.1) is 16.1 Å². The molecule has 0 radical (unpaired) electrons. The van der Waals surface area contributed by atoms with Crippen LogP contribution in [0.2, 0.25) is 10.0 Å². The van der Waals surface area contributed by atoms with Crippen molar-refractivity contribution in [3.63, 3.8) is 0 Å². The molecule has 0 aromatic heterocycles. The average Bonchev–Trinajstić information content (AvgIpc) is 2.74. The molecule has 110 valence electrons. The molecule has 4 nitrogen and oxygen atoms in total. The zero-order valence-corrected chi connectivity index (χ0v) is 13.6. The van der Waals surface area contributed by atoms with Crippen molar-refractivity contribution >= 4 is 48.8 Å². The molecule has 1 aromatic carbocycles. The van der Waals surface area contributed by atoms with E-state index < -0.39 is 14.3 Å². The van der Waals surface area contributed by atoms with E-state index in [1.54, 1.807) is 25.1 Å². The van der Waals surface area contributed by atoms with Gasteiger partial charge in [0.2, 0.25) is 15.0 Å². The van der Waals surface area contributed by atoms with Crippen LogP contribution in [0.5, 0.6) is 0 Å². The molecule has 2 rings (SSSR count). The number of hydrogen-bond donors (Lipinski definition) is 0. The van der Waals surface area contributed by atoms with Gasteiger partial charge >= 0.3 is 0 Å². The van der Waals surface area contributed by atoms with Crippen LogP contribution < -0.4 is 0 Å². The molecule has 1 aliphatic rings. The second-order valence-electron chi connectivity index (χ2n) is 4.70. The number of carbonyl (C=O) groups excluding carboxylic acids is 1. The molecule has 2 atom stereocenters. The number of halogens is 3. The first-order valence-electron chi connectivity index (χ1n) is 5.88. The Morgan fingerprint density at radius 3 is 2.45 bits per heavy atom. The summed E-state index contributed by atoms with van der Waals surface area (Å²) in [6.07, 6.45) is -0.0858. The summed E-state index contributed by atoms with van der Waals surface area (Å²) in [5.74, 6) is -0.238. The van der Waals surface area contributed by atoms with Gasteiger partial charge in [0.15, 0.2) is 0 Å². The minimum atomic E-state index is -3.74. The lowest BCUT2D eigenvalue weighted by molar-refractivity contribution is -0.129. The van der Waals surface area contributed by atoms with Crippen molar-refractivity contribution in [1.82, 2.24) is 4.90 Å². The molecule has 2 unspecified atom stereocenters. The first kappa shape index (κ1) is 15.9. The van der Waals surface area contributed by atoms with Crippen molar-refractivity contribution in [2.24, 2.45) is 0 Å². The fourth-order valence-corrected chi connectivity index (χ4v) is 3.56. The lowest BCUT2D eigenvalue weighted by Gasteiger charge is -2.25. The number of rotatable bonds is 3. The van der Waals surface area contributed by atoms with E-state index in [1.165, 1.54) is 4.90 Å². The lowest BCUT2D eigenvalue weighted by atomic mass is 10.1. The summed E-state index contributed by atoms with van der Waals surface area (Å²) >= 11 is 11.8. The van der Waals surface area contributed by atoms with Crippen molar-refractivity contribution in [3.05, 3.63) is 33.8 Å². The molecule has 8 heteroatoms. The van der Waals surface area contributed by atoms with Crippen LogP contribution in [0.15, 0.2) is 18.2 Å². The molecule has 1 aromatic rings. The van der Waals surface area contributed by atoms with Crippen molar-refractivity contribution in [2.45, 2.75) is 24.6 Å². The molecule has 0 spiro atoms. The molecule has 1 aliphatic heterocycles. The molecule has 20 heavy (non-hydrogen) atoms.